The van der Waals surface area contributed by atoms with Crippen LogP contribution in [-0.4, -0.2) is 40.9 Å². The molecule has 1 atom stereocenters. The standard InChI is InChI=1S/C14H20N2O5/c1-3-9(4-2)10-7-11(21-16-10)12(17)15-14(13(18)19)5-6-20-8-14/h7,9H,3-6,8H2,1-2H3,(H,15,17)(H,18,19). The van der Waals surface area contributed by atoms with Gasteiger partial charge in [-0.25, -0.2) is 4.79 Å². The number of hydrogen-bond acceptors (Lipinski definition) is 5. The van der Waals surface area contributed by atoms with Gasteiger partial charge in [-0.2, -0.15) is 0 Å². The molecule has 116 valence electrons. The molecule has 1 aromatic rings. The molecule has 7 heteroatoms. The number of aliphatic carboxylic acids is 1. The van der Waals surface area contributed by atoms with Crippen molar-refractivity contribution in [1.82, 2.24) is 10.5 Å². The third kappa shape index (κ3) is 3.07. The van der Waals surface area contributed by atoms with Crippen LogP contribution in [-0.2, 0) is 9.53 Å². The molecule has 0 bridgehead atoms. The van der Waals surface area contributed by atoms with E-state index in [0.29, 0.717) is 6.61 Å². The van der Waals surface area contributed by atoms with E-state index in [4.69, 9.17) is 9.26 Å². The first-order valence-electron chi connectivity index (χ1n) is 7.12. The van der Waals surface area contributed by atoms with Crippen LogP contribution in [0.2, 0.25) is 0 Å². The lowest BCUT2D eigenvalue weighted by molar-refractivity contribution is -0.144. The summed E-state index contributed by atoms with van der Waals surface area (Å²) in [5.41, 5.74) is -0.656. The van der Waals surface area contributed by atoms with Crippen molar-refractivity contribution >= 4 is 11.9 Å². The number of hydrogen-bond donors (Lipinski definition) is 2. The predicted octanol–water partition coefficient (Wildman–Crippen LogP) is 1.55. The number of carbonyl (C=O) groups excluding carboxylic acids is 1. The maximum atomic E-state index is 12.2. The highest BCUT2D eigenvalue weighted by Gasteiger charge is 2.44. The summed E-state index contributed by atoms with van der Waals surface area (Å²) in [4.78, 5) is 23.5. The van der Waals surface area contributed by atoms with Crippen LogP contribution in [0.5, 0.6) is 0 Å². The van der Waals surface area contributed by atoms with Gasteiger partial charge in [-0.3, -0.25) is 4.79 Å². The van der Waals surface area contributed by atoms with Crippen molar-refractivity contribution in [3.63, 3.8) is 0 Å². The van der Waals surface area contributed by atoms with Crippen LogP contribution < -0.4 is 5.32 Å². The quantitative estimate of drug-likeness (QED) is 0.826. The number of rotatable bonds is 6. The monoisotopic (exact) mass is 296 g/mol. The van der Waals surface area contributed by atoms with Crippen LogP contribution in [0.15, 0.2) is 10.6 Å². The van der Waals surface area contributed by atoms with E-state index in [-0.39, 0.29) is 24.7 Å². The molecule has 1 aromatic heterocycles. The van der Waals surface area contributed by atoms with Gasteiger partial charge < -0.3 is 19.7 Å². The molecule has 7 nitrogen and oxygen atoms in total. The number of amides is 1. The van der Waals surface area contributed by atoms with Crippen molar-refractivity contribution in [2.24, 2.45) is 0 Å². The normalized spacial score (nSPS) is 21.7. The molecule has 2 N–H and O–H groups in total. The maximum absolute atomic E-state index is 12.2. The van der Waals surface area contributed by atoms with Crippen molar-refractivity contribution < 1.29 is 24.0 Å². The lowest BCUT2D eigenvalue weighted by atomic mass is 9.98. The lowest BCUT2D eigenvalue weighted by Crippen LogP contribution is -2.55. The van der Waals surface area contributed by atoms with E-state index in [9.17, 15) is 14.7 Å². The van der Waals surface area contributed by atoms with Crippen molar-refractivity contribution in [3.8, 4) is 0 Å². The van der Waals surface area contributed by atoms with E-state index in [1.807, 2.05) is 13.8 Å². The number of nitrogens with one attached hydrogen (secondary N) is 1. The molecule has 1 aliphatic rings. The number of nitrogens with zero attached hydrogens (tertiary/aromatic N) is 1. The number of carboxylic acid groups (broad SMARTS) is 1. The summed E-state index contributed by atoms with van der Waals surface area (Å²) in [6.45, 7) is 4.35. The number of carboxylic acids is 1. The first-order valence-corrected chi connectivity index (χ1v) is 7.12. The molecule has 1 amide bonds. The highest BCUT2D eigenvalue weighted by atomic mass is 16.5. The van der Waals surface area contributed by atoms with Gasteiger partial charge in [0.2, 0.25) is 5.76 Å². The first kappa shape index (κ1) is 15.5. The Morgan fingerprint density at radius 2 is 2.19 bits per heavy atom. The minimum atomic E-state index is -1.38. The van der Waals surface area contributed by atoms with Crippen molar-refractivity contribution in [3.05, 3.63) is 17.5 Å². The molecule has 2 rings (SSSR count). The van der Waals surface area contributed by atoms with Crippen molar-refractivity contribution in [2.75, 3.05) is 13.2 Å². The summed E-state index contributed by atoms with van der Waals surface area (Å²) in [5.74, 6) is -1.41. The van der Waals surface area contributed by atoms with Gasteiger partial charge in [0.05, 0.1) is 12.3 Å². The largest absolute Gasteiger partial charge is 0.479 e. The van der Waals surface area contributed by atoms with Crippen LogP contribution in [0.3, 0.4) is 0 Å². The molecule has 1 saturated heterocycles. The predicted molar refractivity (Wildman–Crippen MR) is 73.1 cm³/mol. The Bertz CT molecular complexity index is 515. The van der Waals surface area contributed by atoms with Crippen LogP contribution in [0, 0.1) is 0 Å². The third-order valence-corrected chi connectivity index (χ3v) is 3.94. The highest BCUT2D eigenvalue weighted by Crippen LogP contribution is 2.24. The van der Waals surface area contributed by atoms with Crippen molar-refractivity contribution in [1.29, 1.82) is 0 Å². The van der Waals surface area contributed by atoms with E-state index >= 15 is 0 Å². The Morgan fingerprint density at radius 3 is 2.71 bits per heavy atom. The van der Waals surface area contributed by atoms with E-state index in [2.05, 4.69) is 10.5 Å². The highest BCUT2D eigenvalue weighted by molar-refractivity contribution is 5.96. The summed E-state index contributed by atoms with van der Waals surface area (Å²) in [5, 5.41) is 15.7. The second-order valence-corrected chi connectivity index (χ2v) is 5.27. The Hall–Kier alpha value is -1.89. The molecule has 0 radical (unpaired) electrons. The van der Waals surface area contributed by atoms with E-state index in [1.54, 1.807) is 6.07 Å². The number of carbonyl (C=O) groups is 2. The Labute approximate surface area is 122 Å². The molecule has 0 saturated carbocycles. The summed E-state index contributed by atoms with van der Waals surface area (Å²) in [7, 11) is 0. The zero-order valence-corrected chi connectivity index (χ0v) is 12.2. The van der Waals surface area contributed by atoms with Gasteiger partial charge >= 0.3 is 5.97 Å². The maximum Gasteiger partial charge on any atom is 0.331 e. The summed E-state index contributed by atoms with van der Waals surface area (Å²) in [6, 6.07) is 1.58. The van der Waals surface area contributed by atoms with Crippen LogP contribution in [0.1, 0.15) is 55.3 Å². The van der Waals surface area contributed by atoms with E-state index in [0.717, 1.165) is 18.5 Å². The summed E-state index contributed by atoms with van der Waals surface area (Å²) < 4.78 is 10.1. The van der Waals surface area contributed by atoms with E-state index < -0.39 is 17.4 Å². The average Bonchev–Trinajstić information content (AvgIpc) is 3.10. The second-order valence-electron chi connectivity index (χ2n) is 5.27. The van der Waals surface area contributed by atoms with Gasteiger partial charge in [-0.15, -0.1) is 0 Å². The summed E-state index contributed by atoms with van der Waals surface area (Å²) in [6.07, 6.45) is 2.04. The lowest BCUT2D eigenvalue weighted by Gasteiger charge is -2.22. The molecule has 2 heterocycles. The van der Waals surface area contributed by atoms with E-state index in [1.165, 1.54) is 0 Å². The average molecular weight is 296 g/mol. The molecule has 1 fully saturated rings. The minimum absolute atomic E-state index is 0.0319. The molecular weight excluding hydrogens is 276 g/mol. The zero-order chi connectivity index (χ0) is 15.5. The number of aromatic nitrogens is 1. The molecule has 1 aliphatic heterocycles. The smallest absolute Gasteiger partial charge is 0.331 e. The SMILES string of the molecule is CCC(CC)c1cc(C(=O)NC2(C(=O)O)CCOC2)on1. The van der Waals surface area contributed by atoms with Gasteiger partial charge in [0, 0.05) is 25.0 Å². The van der Waals surface area contributed by atoms with Crippen molar-refractivity contribution in [2.45, 2.75) is 44.6 Å². The Morgan fingerprint density at radius 1 is 1.48 bits per heavy atom. The van der Waals surface area contributed by atoms with Crippen LogP contribution in [0.25, 0.3) is 0 Å². The topological polar surface area (TPSA) is 102 Å². The molecule has 21 heavy (non-hydrogen) atoms. The third-order valence-electron chi connectivity index (χ3n) is 3.94. The van der Waals surface area contributed by atoms with Gasteiger partial charge in [0.15, 0.2) is 5.54 Å². The number of ether oxygens (including phenoxy) is 1. The second kappa shape index (κ2) is 6.26. The molecule has 0 aromatic carbocycles. The molecular formula is C14H20N2O5. The van der Waals surface area contributed by atoms with Gasteiger partial charge in [-0.1, -0.05) is 19.0 Å². The fourth-order valence-corrected chi connectivity index (χ4v) is 2.46. The molecule has 1 unspecified atom stereocenters. The van der Waals surface area contributed by atoms with Gasteiger partial charge in [0.25, 0.3) is 5.91 Å². The van der Waals surface area contributed by atoms with Gasteiger partial charge in [-0.05, 0) is 12.8 Å². The van der Waals surface area contributed by atoms with Gasteiger partial charge in [0.1, 0.15) is 0 Å². The first-order chi connectivity index (χ1) is 10.0. The van der Waals surface area contributed by atoms with Crippen LogP contribution >= 0.6 is 0 Å². The minimum Gasteiger partial charge on any atom is -0.479 e. The summed E-state index contributed by atoms with van der Waals surface area (Å²) >= 11 is 0. The zero-order valence-electron chi connectivity index (χ0n) is 12.2. The molecule has 0 spiro atoms. The Balaban J connectivity index is 2.12. The fraction of sp³-hybridized carbons (Fsp3) is 0.643. The van der Waals surface area contributed by atoms with Crippen LogP contribution in [0.4, 0.5) is 0 Å². The molecule has 0 aliphatic carbocycles. The Kier molecular flexibility index (Phi) is 4.62. The fourth-order valence-electron chi connectivity index (χ4n) is 2.46.